The summed E-state index contributed by atoms with van der Waals surface area (Å²) >= 11 is 0. The van der Waals surface area contributed by atoms with Gasteiger partial charge in [0.2, 0.25) is 5.91 Å². The predicted molar refractivity (Wildman–Crippen MR) is 267 cm³/mol. The van der Waals surface area contributed by atoms with Gasteiger partial charge in [0.1, 0.15) is 0 Å². The number of rotatable bonds is 49. The minimum atomic E-state index is -0.871. The highest BCUT2D eigenvalue weighted by atomic mass is 16.3. The molecule has 352 valence electrons. The second-order valence-electron chi connectivity index (χ2n) is 18.3. The first kappa shape index (κ1) is 58.4. The lowest BCUT2D eigenvalue weighted by Gasteiger charge is -2.19. The van der Waals surface area contributed by atoms with Gasteiger partial charge in [-0.3, -0.25) is 4.79 Å². The van der Waals surface area contributed by atoms with Gasteiger partial charge >= 0.3 is 0 Å². The maximum absolute atomic E-state index is 12.4. The smallest absolute Gasteiger partial charge is 0.220 e. The molecule has 4 heteroatoms. The molecule has 0 saturated carbocycles. The van der Waals surface area contributed by atoms with Crippen LogP contribution in [0.1, 0.15) is 284 Å². The zero-order valence-electron chi connectivity index (χ0n) is 40.5. The molecule has 4 nitrogen and oxygen atoms in total. The van der Waals surface area contributed by atoms with Crippen molar-refractivity contribution >= 4 is 5.91 Å². The minimum absolute atomic E-state index is 0.0766. The number of unbranched alkanes of at least 4 members (excludes halogenated alkanes) is 36. The Morgan fingerprint density at radius 2 is 0.650 bits per heavy atom. The quantitative estimate of drug-likeness (QED) is 0.0422. The van der Waals surface area contributed by atoms with Crippen LogP contribution in [0.2, 0.25) is 0 Å². The summed E-state index contributed by atoms with van der Waals surface area (Å²) in [7, 11) is 0. The van der Waals surface area contributed by atoms with Crippen LogP contribution in [0, 0.1) is 0 Å². The molecule has 0 spiro atoms. The maximum Gasteiger partial charge on any atom is 0.220 e. The SMILES string of the molecule is CCCCCCCCCC/C=C\CCCCCCCCCCCCCC(=O)NC(CO)C(O)/C=C/CC/C=C/CC/C=C/CCCCCCCCCCCCCCCCC. The number of carbonyl (C=O) groups excluding carboxylic acids is 1. The normalized spacial score (nSPS) is 13.2. The molecule has 0 aromatic carbocycles. The predicted octanol–water partition coefficient (Wildman–Crippen LogP) is 17.5. The van der Waals surface area contributed by atoms with Crippen molar-refractivity contribution in [3.05, 3.63) is 48.6 Å². The van der Waals surface area contributed by atoms with Crippen LogP contribution in [0.4, 0.5) is 0 Å². The number of carbonyl (C=O) groups is 1. The van der Waals surface area contributed by atoms with E-state index in [9.17, 15) is 15.0 Å². The van der Waals surface area contributed by atoms with Crippen LogP contribution < -0.4 is 5.32 Å². The zero-order chi connectivity index (χ0) is 43.5. The monoisotopic (exact) mass is 840 g/mol. The average molecular weight is 840 g/mol. The molecule has 0 aromatic rings. The number of aliphatic hydroxyl groups is 2. The van der Waals surface area contributed by atoms with Crippen molar-refractivity contribution in [3.63, 3.8) is 0 Å². The molecule has 3 N–H and O–H groups in total. The molecule has 0 aliphatic carbocycles. The second-order valence-corrected chi connectivity index (χ2v) is 18.3. The van der Waals surface area contributed by atoms with Gasteiger partial charge in [-0.2, -0.15) is 0 Å². The van der Waals surface area contributed by atoms with E-state index < -0.39 is 12.1 Å². The van der Waals surface area contributed by atoms with E-state index in [-0.39, 0.29) is 12.5 Å². The number of nitrogens with one attached hydrogen (secondary N) is 1. The van der Waals surface area contributed by atoms with Crippen LogP contribution in [0.25, 0.3) is 0 Å². The highest BCUT2D eigenvalue weighted by Crippen LogP contribution is 2.16. The van der Waals surface area contributed by atoms with E-state index >= 15 is 0 Å². The molecular weight excluding hydrogens is 735 g/mol. The Labute approximate surface area is 375 Å². The Hall–Kier alpha value is -1.65. The molecule has 0 fully saturated rings. The van der Waals surface area contributed by atoms with Gasteiger partial charge in [0.05, 0.1) is 18.8 Å². The fourth-order valence-electron chi connectivity index (χ4n) is 8.15. The Morgan fingerprint density at radius 3 is 0.967 bits per heavy atom. The fourth-order valence-corrected chi connectivity index (χ4v) is 8.15. The first-order valence-electron chi connectivity index (χ1n) is 26.9. The van der Waals surface area contributed by atoms with E-state index in [2.05, 4.69) is 55.6 Å². The highest BCUT2D eigenvalue weighted by molar-refractivity contribution is 5.76. The van der Waals surface area contributed by atoms with Gasteiger partial charge in [-0.15, -0.1) is 0 Å². The van der Waals surface area contributed by atoms with Crippen LogP contribution >= 0.6 is 0 Å². The lowest BCUT2D eigenvalue weighted by molar-refractivity contribution is -0.123. The Balaban J connectivity index is 3.57. The van der Waals surface area contributed by atoms with Crippen LogP contribution in [0.3, 0.4) is 0 Å². The van der Waals surface area contributed by atoms with E-state index in [0.717, 1.165) is 38.5 Å². The summed E-state index contributed by atoms with van der Waals surface area (Å²) in [6, 6.07) is -0.647. The Bertz CT molecular complexity index is 954. The van der Waals surface area contributed by atoms with Crippen LogP contribution in [-0.2, 0) is 4.79 Å². The third-order valence-corrected chi connectivity index (χ3v) is 12.3. The van der Waals surface area contributed by atoms with E-state index in [1.807, 2.05) is 6.08 Å². The Morgan fingerprint density at radius 1 is 0.383 bits per heavy atom. The molecule has 1 amide bonds. The number of allylic oxidation sites excluding steroid dienone is 7. The number of hydrogen-bond donors (Lipinski definition) is 3. The summed E-state index contributed by atoms with van der Waals surface area (Å²) in [4.78, 5) is 12.4. The molecule has 2 unspecified atom stereocenters. The van der Waals surface area contributed by atoms with Crippen LogP contribution in [-0.4, -0.2) is 34.9 Å². The zero-order valence-corrected chi connectivity index (χ0v) is 40.5. The van der Waals surface area contributed by atoms with Crippen molar-refractivity contribution in [3.8, 4) is 0 Å². The topological polar surface area (TPSA) is 69.6 Å². The number of amides is 1. The van der Waals surface area contributed by atoms with Gasteiger partial charge in [0.15, 0.2) is 0 Å². The summed E-state index contributed by atoms with van der Waals surface area (Å²) in [6.07, 6.45) is 71.2. The lowest BCUT2D eigenvalue weighted by atomic mass is 10.0. The molecule has 2 atom stereocenters. The van der Waals surface area contributed by atoms with Gasteiger partial charge < -0.3 is 15.5 Å². The van der Waals surface area contributed by atoms with Crippen molar-refractivity contribution in [2.24, 2.45) is 0 Å². The van der Waals surface area contributed by atoms with E-state index in [1.54, 1.807) is 6.08 Å². The molecule has 0 aliphatic heterocycles. The Kier molecular flexibility index (Phi) is 50.3. The van der Waals surface area contributed by atoms with Gasteiger partial charge in [-0.05, 0) is 70.6 Å². The van der Waals surface area contributed by atoms with Gasteiger partial charge in [0.25, 0.3) is 0 Å². The van der Waals surface area contributed by atoms with Crippen molar-refractivity contribution in [1.29, 1.82) is 0 Å². The van der Waals surface area contributed by atoms with Crippen LogP contribution in [0.15, 0.2) is 48.6 Å². The molecular formula is C56H105NO3. The summed E-state index contributed by atoms with van der Waals surface area (Å²) in [5.41, 5.74) is 0. The van der Waals surface area contributed by atoms with Crippen molar-refractivity contribution in [2.45, 2.75) is 296 Å². The number of hydrogen-bond acceptors (Lipinski definition) is 3. The van der Waals surface area contributed by atoms with E-state index in [4.69, 9.17) is 0 Å². The summed E-state index contributed by atoms with van der Waals surface area (Å²) in [5, 5.41) is 23.1. The maximum atomic E-state index is 12.4. The second kappa shape index (κ2) is 51.7. The third-order valence-electron chi connectivity index (χ3n) is 12.3. The van der Waals surface area contributed by atoms with Gasteiger partial charge in [-0.25, -0.2) is 0 Å². The van der Waals surface area contributed by atoms with Crippen molar-refractivity contribution in [2.75, 3.05) is 6.61 Å². The number of aliphatic hydroxyl groups excluding tert-OH is 2. The van der Waals surface area contributed by atoms with Gasteiger partial charge in [0, 0.05) is 6.42 Å². The molecule has 0 bridgehead atoms. The molecule has 0 aliphatic rings. The minimum Gasteiger partial charge on any atom is -0.394 e. The van der Waals surface area contributed by atoms with E-state index in [0.29, 0.717) is 6.42 Å². The largest absolute Gasteiger partial charge is 0.394 e. The van der Waals surface area contributed by atoms with Crippen molar-refractivity contribution < 1.29 is 15.0 Å². The molecule has 60 heavy (non-hydrogen) atoms. The standard InChI is InChI=1S/C56H105NO3/c1-3-5-7-9-11-13-15-17-19-21-23-25-27-28-30-31-33-35-37-39-41-43-45-47-49-51-55(59)54(53-58)57-56(60)52-50-48-46-44-42-40-38-36-34-32-29-26-24-22-20-18-16-14-12-10-8-6-4-2/h22,24,33,35,41,43,49,51,54-55,58-59H,3-21,23,25-32,34,36-40,42,44-48,50,52-53H2,1-2H3,(H,57,60)/b24-22-,35-33+,43-41+,51-49+. The fraction of sp³-hybridized carbons (Fsp3) is 0.839. The summed E-state index contributed by atoms with van der Waals surface area (Å²) in [5.74, 6) is -0.0766. The van der Waals surface area contributed by atoms with Gasteiger partial charge in [-0.1, -0.05) is 255 Å². The molecule has 0 rings (SSSR count). The molecule has 0 aromatic heterocycles. The molecule has 0 saturated heterocycles. The summed E-state index contributed by atoms with van der Waals surface area (Å²) < 4.78 is 0. The highest BCUT2D eigenvalue weighted by Gasteiger charge is 2.17. The van der Waals surface area contributed by atoms with Crippen LogP contribution in [0.5, 0.6) is 0 Å². The summed E-state index contributed by atoms with van der Waals surface area (Å²) in [6.45, 7) is 4.32. The molecule has 0 radical (unpaired) electrons. The van der Waals surface area contributed by atoms with E-state index in [1.165, 1.54) is 225 Å². The molecule has 0 heterocycles. The first-order valence-corrected chi connectivity index (χ1v) is 26.9. The first-order chi connectivity index (χ1) is 29.7. The average Bonchev–Trinajstić information content (AvgIpc) is 3.25. The van der Waals surface area contributed by atoms with Crippen molar-refractivity contribution in [1.82, 2.24) is 5.32 Å². The third kappa shape index (κ3) is 47.4. The lowest BCUT2D eigenvalue weighted by Crippen LogP contribution is -2.45.